The van der Waals surface area contributed by atoms with Gasteiger partial charge in [0.2, 0.25) is 5.91 Å². The minimum absolute atomic E-state index is 0.104. The summed E-state index contributed by atoms with van der Waals surface area (Å²) in [5.74, 6) is -1.07. The molecule has 1 unspecified atom stereocenters. The molecule has 1 amide bonds. The van der Waals surface area contributed by atoms with Crippen molar-refractivity contribution in [2.75, 3.05) is 18.1 Å². The number of aliphatic carboxylic acids is 1. The molecule has 0 saturated heterocycles. The van der Waals surface area contributed by atoms with Gasteiger partial charge in [-0.05, 0) is 12.1 Å². The Balaban J connectivity index is 3.01. The molecule has 19 heavy (non-hydrogen) atoms. The summed E-state index contributed by atoms with van der Waals surface area (Å²) in [7, 11) is 0. The van der Waals surface area contributed by atoms with E-state index in [2.05, 4.69) is 5.32 Å². The number of carbonyl (C=O) groups is 2. The summed E-state index contributed by atoms with van der Waals surface area (Å²) in [4.78, 5) is 22.5. The normalized spacial score (nSPS) is 13.7. The van der Waals surface area contributed by atoms with Gasteiger partial charge < -0.3 is 10.8 Å². The van der Waals surface area contributed by atoms with Crippen molar-refractivity contribution < 1.29 is 14.7 Å². The Hall–Kier alpha value is -1.53. The van der Waals surface area contributed by atoms with Crippen LogP contribution >= 0.6 is 11.8 Å². The molecule has 0 spiro atoms. The third kappa shape index (κ3) is 3.97. The highest BCUT2D eigenvalue weighted by Gasteiger charge is 2.39. The molecule has 6 heteroatoms. The van der Waals surface area contributed by atoms with Gasteiger partial charge in [-0.25, -0.2) is 4.79 Å². The number of carbonyl (C=O) groups excluding carboxylic acids is 1. The molecule has 5 nitrogen and oxygen atoms in total. The molecule has 0 aliphatic carbocycles. The van der Waals surface area contributed by atoms with Crippen molar-refractivity contribution in [2.24, 2.45) is 5.73 Å². The number of carboxylic acid groups (broad SMARTS) is 1. The number of likely N-dealkylation sites (N-methyl/N-ethyl adjacent to an activating group) is 1. The standard InChI is InChI=1S/C13H18N2O3S/c1-2-15-13(12(17)18,9-19-8-11(14)16)10-6-4-3-5-7-10/h3-7,15H,2,8-9H2,1H3,(H2,14,16)(H,17,18). The van der Waals surface area contributed by atoms with E-state index in [9.17, 15) is 14.7 Å². The molecule has 0 aromatic heterocycles. The van der Waals surface area contributed by atoms with Crippen LogP contribution < -0.4 is 11.1 Å². The molecular weight excluding hydrogens is 264 g/mol. The number of rotatable bonds is 8. The van der Waals surface area contributed by atoms with Crippen molar-refractivity contribution >= 4 is 23.6 Å². The van der Waals surface area contributed by atoms with Crippen LogP contribution in [0.1, 0.15) is 12.5 Å². The average Bonchev–Trinajstić information content (AvgIpc) is 2.38. The van der Waals surface area contributed by atoms with E-state index < -0.39 is 17.4 Å². The SMILES string of the molecule is CCNC(CSCC(N)=O)(C(=O)O)c1ccccc1. The topological polar surface area (TPSA) is 92.4 Å². The molecule has 0 radical (unpaired) electrons. The fraction of sp³-hybridized carbons (Fsp3) is 0.385. The Labute approximate surface area is 116 Å². The van der Waals surface area contributed by atoms with Gasteiger partial charge in [-0.3, -0.25) is 10.1 Å². The van der Waals surface area contributed by atoms with Crippen LogP contribution in [0.3, 0.4) is 0 Å². The number of hydrogen-bond acceptors (Lipinski definition) is 4. The second-order valence-corrected chi connectivity index (χ2v) is 5.05. The zero-order valence-corrected chi connectivity index (χ0v) is 11.6. The smallest absolute Gasteiger partial charge is 0.329 e. The Bertz CT molecular complexity index is 439. The fourth-order valence-electron chi connectivity index (χ4n) is 1.83. The lowest BCUT2D eigenvalue weighted by atomic mass is 9.92. The molecule has 0 saturated carbocycles. The Kier molecular flexibility index (Phi) is 5.85. The molecule has 0 heterocycles. The highest BCUT2D eigenvalue weighted by atomic mass is 32.2. The third-order valence-electron chi connectivity index (χ3n) is 2.67. The van der Waals surface area contributed by atoms with Gasteiger partial charge >= 0.3 is 5.97 Å². The fourth-order valence-corrected chi connectivity index (χ4v) is 2.83. The van der Waals surface area contributed by atoms with Gasteiger partial charge in [0.05, 0.1) is 5.75 Å². The van der Waals surface area contributed by atoms with E-state index in [1.165, 1.54) is 11.8 Å². The van der Waals surface area contributed by atoms with Crippen molar-refractivity contribution in [3.8, 4) is 0 Å². The number of amides is 1. The summed E-state index contributed by atoms with van der Waals surface area (Å²) in [5, 5.41) is 12.6. The Morgan fingerprint density at radius 1 is 1.37 bits per heavy atom. The average molecular weight is 282 g/mol. The lowest BCUT2D eigenvalue weighted by Crippen LogP contribution is -2.51. The molecule has 0 aliphatic heterocycles. The van der Waals surface area contributed by atoms with Gasteiger partial charge in [-0.2, -0.15) is 0 Å². The summed E-state index contributed by atoms with van der Waals surface area (Å²) in [6.45, 7) is 2.36. The summed E-state index contributed by atoms with van der Waals surface area (Å²) < 4.78 is 0. The molecule has 0 aliphatic rings. The first-order valence-corrected chi connectivity index (χ1v) is 7.08. The minimum Gasteiger partial charge on any atom is -0.480 e. The largest absolute Gasteiger partial charge is 0.480 e. The number of benzene rings is 1. The van der Waals surface area contributed by atoms with Crippen LogP contribution in [-0.2, 0) is 15.1 Å². The minimum atomic E-state index is -1.20. The number of primary amides is 1. The van der Waals surface area contributed by atoms with Crippen LogP contribution in [-0.4, -0.2) is 35.0 Å². The van der Waals surface area contributed by atoms with Crippen molar-refractivity contribution in [2.45, 2.75) is 12.5 Å². The van der Waals surface area contributed by atoms with Crippen LogP contribution in [0.25, 0.3) is 0 Å². The lowest BCUT2D eigenvalue weighted by Gasteiger charge is -2.30. The van der Waals surface area contributed by atoms with Crippen LogP contribution in [0.5, 0.6) is 0 Å². The predicted molar refractivity (Wildman–Crippen MR) is 76.0 cm³/mol. The number of thioether (sulfide) groups is 1. The van der Waals surface area contributed by atoms with Crippen LogP contribution in [0.15, 0.2) is 30.3 Å². The van der Waals surface area contributed by atoms with E-state index in [1.54, 1.807) is 24.3 Å². The first-order chi connectivity index (χ1) is 9.03. The van der Waals surface area contributed by atoms with E-state index in [1.807, 2.05) is 13.0 Å². The molecule has 1 aromatic carbocycles. The maximum atomic E-state index is 11.7. The number of nitrogens with one attached hydrogen (secondary N) is 1. The second-order valence-electron chi connectivity index (χ2n) is 4.07. The summed E-state index contributed by atoms with van der Waals surface area (Å²) in [6, 6.07) is 8.95. The predicted octanol–water partition coefficient (Wildman–Crippen LogP) is 0.795. The Morgan fingerprint density at radius 2 is 2.00 bits per heavy atom. The molecule has 0 fully saturated rings. The van der Waals surface area contributed by atoms with E-state index in [0.29, 0.717) is 12.1 Å². The monoisotopic (exact) mass is 282 g/mol. The van der Waals surface area contributed by atoms with E-state index in [-0.39, 0.29) is 11.5 Å². The molecule has 4 N–H and O–H groups in total. The van der Waals surface area contributed by atoms with Crippen LogP contribution in [0.2, 0.25) is 0 Å². The zero-order valence-electron chi connectivity index (χ0n) is 10.8. The summed E-state index contributed by atoms with van der Waals surface area (Å²) in [5.41, 5.74) is 4.55. The number of hydrogen-bond donors (Lipinski definition) is 3. The van der Waals surface area contributed by atoms with Crippen molar-refractivity contribution in [3.05, 3.63) is 35.9 Å². The lowest BCUT2D eigenvalue weighted by molar-refractivity contribution is -0.144. The Morgan fingerprint density at radius 3 is 2.47 bits per heavy atom. The van der Waals surface area contributed by atoms with Crippen molar-refractivity contribution in [1.82, 2.24) is 5.32 Å². The number of nitrogens with two attached hydrogens (primary N) is 1. The van der Waals surface area contributed by atoms with Crippen LogP contribution in [0, 0.1) is 0 Å². The van der Waals surface area contributed by atoms with Gasteiger partial charge in [0, 0.05) is 5.75 Å². The van der Waals surface area contributed by atoms with Crippen molar-refractivity contribution in [3.63, 3.8) is 0 Å². The van der Waals surface area contributed by atoms with E-state index in [0.717, 1.165) is 0 Å². The van der Waals surface area contributed by atoms with Crippen molar-refractivity contribution in [1.29, 1.82) is 0 Å². The highest BCUT2D eigenvalue weighted by Crippen LogP contribution is 2.26. The second kappa shape index (κ2) is 7.16. The van der Waals surface area contributed by atoms with Gasteiger partial charge in [0.15, 0.2) is 5.54 Å². The summed E-state index contributed by atoms with van der Waals surface area (Å²) >= 11 is 1.21. The molecule has 1 aromatic rings. The highest BCUT2D eigenvalue weighted by molar-refractivity contribution is 8.00. The van der Waals surface area contributed by atoms with Gasteiger partial charge in [-0.15, -0.1) is 11.8 Å². The maximum Gasteiger partial charge on any atom is 0.329 e. The quantitative estimate of drug-likeness (QED) is 0.655. The first-order valence-electron chi connectivity index (χ1n) is 5.93. The molecule has 0 bridgehead atoms. The van der Waals surface area contributed by atoms with Gasteiger partial charge in [0.1, 0.15) is 0 Å². The van der Waals surface area contributed by atoms with Gasteiger partial charge in [-0.1, -0.05) is 37.3 Å². The first kappa shape index (κ1) is 15.5. The van der Waals surface area contributed by atoms with E-state index in [4.69, 9.17) is 5.73 Å². The maximum absolute atomic E-state index is 11.7. The van der Waals surface area contributed by atoms with Crippen LogP contribution in [0.4, 0.5) is 0 Å². The molecular formula is C13H18N2O3S. The molecule has 1 atom stereocenters. The molecule has 1 rings (SSSR count). The van der Waals surface area contributed by atoms with Gasteiger partial charge in [0.25, 0.3) is 0 Å². The summed E-state index contributed by atoms with van der Waals surface area (Å²) in [6.07, 6.45) is 0. The zero-order chi connectivity index (χ0) is 14.3. The number of carboxylic acids is 1. The third-order valence-corrected chi connectivity index (χ3v) is 3.80. The molecule has 104 valence electrons. The van der Waals surface area contributed by atoms with E-state index >= 15 is 0 Å².